The number of rotatable bonds is 5. The molecule has 0 aliphatic heterocycles. The zero-order valence-electron chi connectivity index (χ0n) is 11.7. The van der Waals surface area contributed by atoms with Crippen molar-refractivity contribution in [3.05, 3.63) is 59.8 Å². The standard InChI is InChI=1S/C16H20N2O/c1-13(10-16-7-5-9-19-16)12-18(3)14(2)15-6-4-8-17-11-15/h4-11,14H,12H2,1-3H3. The molecule has 0 spiro atoms. The van der Waals surface area contributed by atoms with Crippen molar-refractivity contribution < 1.29 is 4.42 Å². The Labute approximate surface area is 114 Å². The number of hydrogen-bond donors (Lipinski definition) is 0. The minimum atomic E-state index is 0.341. The fraction of sp³-hybridized carbons (Fsp3) is 0.312. The molecule has 0 bridgehead atoms. The van der Waals surface area contributed by atoms with E-state index >= 15 is 0 Å². The average molecular weight is 256 g/mol. The van der Waals surface area contributed by atoms with Crippen LogP contribution in [-0.2, 0) is 0 Å². The van der Waals surface area contributed by atoms with E-state index in [1.807, 2.05) is 24.4 Å². The molecule has 0 radical (unpaired) electrons. The Hall–Kier alpha value is -1.87. The van der Waals surface area contributed by atoms with Crippen molar-refractivity contribution in [2.75, 3.05) is 13.6 Å². The van der Waals surface area contributed by atoms with Crippen LogP contribution in [0.25, 0.3) is 6.08 Å². The molecule has 0 amide bonds. The van der Waals surface area contributed by atoms with Gasteiger partial charge in [0.15, 0.2) is 0 Å². The lowest BCUT2D eigenvalue weighted by Crippen LogP contribution is -2.24. The quantitative estimate of drug-likeness (QED) is 0.815. The molecule has 2 rings (SSSR count). The normalized spacial score (nSPS) is 13.8. The molecule has 100 valence electrons. The molecular weight excluding hydrogens is 236 g/mol. The van der Waals surface area contributed by atoms with E-state index in [9.17, 15) is 0 Å². The summed E-state index contributed by atoms with van der Waals surface area (Å²) in [6.07, 6.45) is 7.50. The minimum absolute atomic E-state index is 0.341. The van der Waals surface area contributed by atoms with Crippen molar-refractivity contribution >= 4 is 6.08 Å². The van der Waals surface area contributed by atoms with Gasteiger partial charge in [0.2, 0.25) is 0 Å². The molecule has 3 nitrogen and oxygen atoms in total. The summed E-state index contributed by atoms with van der Waals surface area (Å²) < 4.78 is 5.33. The van der Waals surface area contributed by atoms with Crippen LogP contribution in [0.15, 0.2) is 52.9 Å². The fourth-order valence-electron chi connectivity index (χ4n) is 2.07. The highest BCUT2D eigenvalue weighted by atomic mass is 16.3. The van der Waals surface area contributed by atoms with Crippen molar-refractivity contribution in [2.45, 2.75) is 19.9 Å². The monoisotopic (exact) mass is 256 g/mol. The summed E-state index contributed by atoms with van der Waals surface area (Å²) in [4.78, 5) is 6.47. The molecule has 1 atom stereocenters. The number of aromatic nitrogens is 1. The lowest BCUT2D eigenvalue weighted by atomic mass is 10.1. The second kappa shape index (κ2) is 6.34. The number of nitrogens with zero attached hydrogens (tertiary/aromatic N) is 2. The number of likely N-dealkylation sites (N-methyl/N-ethyl adjacent to an activating group) is 1. The van der Waals surface area contributed by atoms with Gasteiger partial charge in [0, 0.05) is 25.0 Å². The summed E-state index contributed by atoms with van der Waals surface area (Å²) in [6.45, 7) is 5.21. The van der Waals surface area contributed by atoms with E-state index in [1.165, 1.54) is 11.1 Å². The van der Waals surface area contributed by atoms with Crippen LogP contribution < -0.4 is 0 Å². The first-order valence-electron chi connectivity index (χ1n) is 6.47. The molecule has 0 saturated heterocycles. The number of furan rings is 1. The van der Waals surface area contributed by atoms with Gasteiger partial charge in [-0.15, -0.1) is 0 Å². The van der Waals surface area contributed by atoms with Gasteiger partial charge in [0.25, 0.3) is 0 Å². The molecule has 19 heavy (non-hydrogen) atoms. The van der Waals surface area contributed by atoms with Crippen molar-refractivity contribution in [2.24, 2.45) is 0 Å². The van der Waals surface area contributed by atoms with Gasteiger partial charge >= 0.3 is 0 Å². The van der Waals surface area contributed by atoms with E-state index in [-0.39, 0.29) is 0 Å². The maximum absolute atomic E-state index is 5.33. The Morgan fingerprint density at radius 1 is 1.42 bits per heavy atom. The Morgan fingerprint density at radius 2 is 2.26 bits per heavy atom. The van der Waals surface area contributed by atoms with Gasteiger partial charge < -0.3 is 4.42 Å². The third-order valence-electron chi connectivity index (χ3n) is 3.26. The van der Waals surface area contributed by atoms with Crippen molar-refractivity contribution in [1.82, 2.24) is 9.88 Å². The predicted molar refractivity (Wildman–Crippen MR) is 77.6 cm³/mol. The summed E-state index contributed by atoms with van der Waals surface area (Å²) in [6, 6.07) is 8.30. The first-order valence-corrected chi connectivity index (χ1v) is 6.47. The summed E-state index contributed by atoms with van der Waals surface area (Å²) in [5, 5.41) is 0. The second-order valence-electron chi connectivity index (χ2n) is 4.88. The molecule has 2 aromatic heterocycles. The Bertz CT molecular complexity index is 517. The minimum Gasteiger partial charge on any atom is -0.465 e. The molecule has 0 fully saturated rings. The largest absolute Gasteiger partial charge is 0.465 e. The Kier molecular flexibility index (Phi) is 4.53. The van der Waals surface area contributed by atoms with Crippen molar-refractivity contribution in [1.29, 1.82) is 0 Å². The van der Waals surface area contributed by atoms with E-state index in [1.54, 1.807) is 12.5 Å². The van der Waals surface area contributed by atoms with Crippen LogP contribution in [0.1, 0.15) is 31.2 Å². The molecule has 0 saturated carbocycles. The van der Waals surface area contributed by atoms with Gasteiger partial charge in [-0.1, -0.05) is 11.6 Å². The first-order chi connectivity index (χ1) is 9.16. The third kappa shape index (κ3) is 3.80. The highest BCUT2D eigenvalue weighted by Gasteiger charge is 2.11. The van der Waals surface area contributed by atoms with E-state index in [0.717, 1.165) is 12.3 Å². The summed E-state index contributed by atoms with van der Waals surface area (Å²) in [7, 11) is 2.12. The molecule has 0 aliphatic carbocycles. The summed E-state index contributed by atoms with van der Waals surface area (Å²) in [5.74, 6) is 0.903. The van der Waals surface area contributed by atoms with Gasteiger partial charge in [-0.2, -0.15) is 0 Å². The third-order valence-corrected chi connectivity index (χ3v) is 3.26. The predicted octanol–water partition coefficient (Wildman–Crippen LogP) is 3.77. The smallest absolute Gasteiger partial charge is 0.126 e. The number of pyridine rings is 1. The van der Waals surface area contributed by atoms with Crippen LogP contribution in [0.2, 0.25) is 0 Å². The van der Waals surface area contributed by atoms with Crippen LogP contribution in [-0.4, -0.2) is 23.5 Å². The lowest BCUT2D eigenvalue weighted by molar-refractivity contribution is 0.283. The van der Waals surface area contributed by atoms with Gasteiger partial charge in [-0.3, -0.25) is 9.88 Å². The van der Waals surface area contributed by atoms with Crippen molar-refractivity contribution in [3.8, 4) is 0 Å². The van der Waals surface area contributed by atoms with Crippen LogP contribution in [0.5, 0.6) is 0 Å². The van der Waals surface area contributed by atoms with Crippen LogP contribution >= 0.6 is 0 Å². The lowest BCUT2D eigenvalue weighted by Gasteiger charge is -2.25. The van der Waals surface area contributed by atoms with Crippen LogP contribution in [0.3, 0.4) is 0 Å². The van der Waals surface area contributed by atoms with Gasteiger partial charge in [0.05, 0.1) is 6.26 Å². The number of hydrogen-bond acceptors (Lipinski definition) is 3. The molecule has 0 N–H and O–H groups in total. The zero-order chi connectivity index (χ0) is 13.7. The van der Waals surface area contributed by atoms with Gasteiger partial charge in [0.1, 0.15) is 5.76 Å². The Morgan fingerprint density at radius 3 is 2.89 bits per heavy atom. The molecule has 3 heteroatoms. The highest BCUT2D eigenvalue weighted by Crippen LogP contribution is 2.19. The zero-order valence-corrected chi connectivity index (χ0v) is 11.7. The average Bonchev–Trinajstić information content (AvgIpc) is 2.91. The van der Waals surface area contributed by atoms with Gasteiger partial charge in [-0.25, -0.2) is 0 Å². The van der Waals surface area contributed by atoms with E-state index in [0.29, 0.717) is 6.04 Å². The topological polar surface area (TPSA) is 29.3 Å². The molecular formula is C16H20N2O. The van der Waals surface area contributed by atoms with Gasteiger partial charge in [-0.05, 0) is 50.7 Å². The second-order valence-corrected chi connectivity index (χ2v) is 4.88. The van der Waals surface area contributed by atoms with E-state index in [4.69, 9.17) is 4.42 Å². The molecule has 0 aliphatic rings. The van der Waals surface area contributed by atoms with E-state index in [2.05, 4.69) is 42.9 Å². The maximum atomic E-state index is 5.33. The van der Waals surface area contributed by atoms with Crippen LogP contribution in [0, 0.1) is 0 Å². The molecule has 0 aromatic carbocycles. The Balaban J connectivity index is 1.99. The van der Waals surface area contributed by atoms with Crippen molar-refractivity contribution in [3.63, 3.8) is 0 Å². The fourth-order valence-corrected chi connectivity index (χ4v) is 2.07. The summed E-state index contributed by atoms with van der Waals surface area (Å²) in [5.41, 5.74) is 2.50. The highest BCUT2D eigenvalue weighted by molar-refractivity contribution is 5.46. The first kappa shape index (κ1) is 13.6. The molecule has 2 aromatic rings. The molecule has 1 unspecified atom stereocenters. The maximum Gasteiger partial charge on any atom is 0.126 e. The van der Waals surface area contributed by atoms with Crippen LogP contribution in [0.4, 0.5) is 0 Å². The van der Waals surface area contributed by atoms with E-state index < -0.39 is 0 Å². The summed E-state index contributed by atoms with van der Waals surface area (Å²) >= 11 is 0. The molecule has 2 heterocycles. The SMILES string of the molecule is CC(=Cc1ccco1)CN(C)C(C)c1cccnc1.